The van der Waals surface area contributed by atoms with Gasteiger partial charge < -0.3 is 9.47 Å². The van der Waals surface area contributed by atoms with Crippen LogP contribution < -0.4 is 5.84 Å². The first kappa shape index (κ1) is 16.4. The summed E-state index contributed by atoms with van der Waals surface area (Å²) in [5.74, 6) is 5.33. The van der Waals surface area contributed by atoms with Crippen LogP contribution in [0.25, 0.3) is 0 Å². The van der Waals surface area contributed by atoms with Crippen LogP contribution in [0.15, 0.2) is 12.2 Å². The van der Waals surface area contributed by atoms with Crippen molar-refractivity contribution < 1.29 is 14.3 Å². The van der Waals surface area contributed by atoms with Gasteiger partial charge in [0.25, 0.3) is 0 Å². The van der Waals surface area contributed by atoms with Gasteiger partial charge in [0.1, 0.15) is 6.10 Å². The fourth-order valence-corrected chi connectivity index (χ4v) is 1.59. The molecule has 0 aromatic carbocycles. The van der Waals surface area contributed by atoms with Crippen LogP contribution in [0.2, 0.25) is 0 Å². The van der Waals surface area contributed by atoms with E-state index in [4.69, 9.17) is 15.3 Å². The number of rotatable bonds is 4. The first-order valence-electron chi connectivity index (χ1n) is 5.46. The summed E-state index contributed by atoms with van der Waals surface area (Å²) in [6, 6.07) is 0. The van der Waals surface area contributed by atoms with Crippen LogP contribution in [0.3, 0.4) is 0 Å². The van der Waals surface area contributed by atoms with Crippen molar-refractivity contribution in [1.29, 1.82) is 0 Å². The molecule has 1 aliphatic rings. The monoisotopic (exact) mass is 264 g/mol. The molecule has 0 saturated carbocycles. The molecule has 2 N–H and O–H groups in total. The number of nitrogens with two attached hydrogens (primary N) is 1. The fraction of sp³-hybridized carbons (Fsp3) is 0.727. The molecule has 1 saturated heterocycles. The Morgan fingerprint density at radius 2 is 2.35 bits per heavy atom. The minimum Gasteiger partial charge on any atom is -0.459 e. The first-order chi connectivity index (χ1) is 7.49. The predicted octanol–water partition coefficient (Wildman–Crippen LogP) is 0.881. The van der Waals surface area contributed by atoms with E-state index in [-0.39, 0.29) is 30.6 Å². The Morgan fingerprint density at radius 1 is 1.71 bits per heavy atom. The van der Waals surface area contributed by atoms with Gasteiger partial charge in [0.05, 0.1) is 12.7 Å². The standard InChI is InChI=1S/C11H20N2O3.ClH/c1-8(2)11(14)16-9(3)6-10-7-13(12)4-5-15-10;/h9-10H,1,4-7,12H2,2-3H3;1H. The van der Waals surface area contributed by atoms with E-state index in [0.717, 1.165) is 6.54 Å². The third-order valence-electron chi connectivity index (χ3n) is 2.42. The van der Waals surface area contributed by atoms with Crippen LogP contribution >= 0.6 is 12.4 Å². The molecule has 1 heterocycles. The van der Waals surface area contributed by atoms with Crippen molar-refractivity contribution in [3.8, 4) is 0 Å². The van der Waals surface area contributed by atoms with Crippen LogP contribution in [-0.4, -0.2) is 42.9 Å². The first-order valence-corrected chi connectivity index (χ1v) is 5.46. The summed E-state index contributed by atoms with van der Waals surface area (Å²) in [7, 11) is 0. The molecule has 100 valence electrons. The second kappa shape index (κ2) is 7.66. The van der Waals surface area contributed by atoms with Gasteiger partial charge in [-0.1, -0.05) is 6.58 Å². The highest BCUT2D eigenvalue weighted by molar-refractivity contribution is 5.87. The zero-order chi connectivity index (χ0) is 12.1. The quantitative estimate of drug-likeness (QED) is 0.464. The number of hydrogen-bond acceptors (Lipinski definition) is 5. The van der Waals surface area contributed by atoms with Crippen LogP contribution in [0, 0.1) is 0 Å². The van der Waals surface area contributed by atoms with E-state index < -0.39 is 0 Å². The summed E-state index contributed by atoms with van der Waals surface area (Å²) in [6.45, 7) is 9.06. The molecule has 0 amide bonds. The Bertz CT molecular complexity index is 273. The van der Waals surface area contributed by atoms with Crippen molar-refractivity contribution in [3.05, 3.63) is 12.2 Å². The van der Waals surface area contributed by atoms with Gasteiger partial charge in [-0.2, -0.15) is 0 Å². The van der Waals surface area contributed by atoms with E-state index in [1.54, 1.807) is 11.9 Å². The Hall–Kier alpha value is -0.620. The van der Waals surface area contributed by atoms with Gasteiger partial charge in [0, 0.05) is 25.1 Å². The molecular weight excluding hydrogens is 244 g/mol. The molecule has 0 aliphatic carbocycles. The van der Waals surface area contributed by atoms with E-state index in [0.29, 0.717) is 25.1 Å². The van der Waals surface area contributed by atoms with Gasteiger partial charge in [-0.05, 0) is 13.8 Å². The second-order valence-electron chi connectivity index (χ2n) is 4.22. The normalized spacial score (nSPS) is 22.4. The fourth-order valence-electron chi connectivity index (χ4n) is 1.59. The molecule has 0 aromatic heterocycles. The number of hydrogen-bond donors (Lipinski definition) is 1. The van der Waals surface area contributed by atoms with Crippen LogP contribution in [0.5, 0.6) is 0 Å². The number of esters is 1. The Kier molecular flexibility index (Phi) is 7.38. The lowest BCUT2D eigenvalue weighted by atomic mass is 10.1. The third-order valence-corrected chi connectivity index (χ3v) is 2.42. The summed E-state index contributed by atoms with van der Waals surface area (Å²) < 4.78 is 10.7. The number of halogens is 1. The molecular formula is C11H21ClN2O3. The second-order valence-corrected chi connectivity index (χ2v) is 4.22. The average Bonchev–Trinajstić information content (AvgIpc) is 2.16. The van der Waals surface area contributed by atoms with E-state index in [9.17, 15) is 4.79 Å². The molecule has 2 unspecified atom stereocenters. The topological polar surface area (TPSA) is 64.8 Å². The van der Waals surface area contributed by atoms with Gasteiger partial charge in [-0.15, -0.1) is 12.4 Å². The van der Waals surface area contributed by atoms with Gasteiger partial charge in [0.2, 0.25) is 0 Å². The number of nitrogens with zero attached hydrogens (tertiary/aromatic N) is 1. The van der Waals surface area contributed by atoms with Gasteiger partial charge in [-0.3, -0.25) is 5.84 Å². The maximum atomic E-state index is 11.3. The van der Waals surface area contributed by atoms with E-state index in [2.05, 4.69) is 6.58 Å². The van der Waals surface area contributed by atoms with Crippen molar-refractivity contribution in [3.63, 3.8) is 0 Å². The lowest BCUT2D eigenvalue weighted by Crippen LogP contribution is -2.47. The Balaban J connectivity index is 0.00000256. The minimum absolute atomic E-state index is 0. The van der Waals surface area contributed by atoms with E-state index >= 15 is 0 Å². The molecule has 0 spiro atoms. The Morgan fingerprint density at radius 3 is 2.88 bits per heavy atom. The number of carbonyl (C=O) groups is 1. The molecule has 6 heteroatoms. The van der Waals surface area contributed by atoms with Crippen LogP contribution in [0.1, 0.15) is 20.3 Å². The summed E-state index contributed by atoms with van der Waals surface area (Å²) >= 11 is 0. The molecule has 1 aliphatic heterocycles. The maximum absolute atomic E-state index is 11.3. The third kappa shape index (κ3) is 6.02. The average molecular weight is 265 g/mol. The molecule has 1 rings (SSSR count). The smallest absolute Gasteiger partial charge is 0.333 e. The highest BCUT2D eigenvalue weighted by Gasteiger charge is 2.22. The van der Waals surface area contributed by atoms with E-state index in [1.165, 1.54) is 0 Å². The van der Waals surface area contributed by atoms with Gasteiger partial charge >= 0.3 is 5.97 Å². The number of morpholine rings is 1. The molecule has 0 aromatic rings. The van der Waals surface area contributed by atoms with Crippen molar-refractivity contribution in [2.45, 2.75) is 32.5 Å². The zero-order valence-electron chi connectivity index (χ0n) is 10.3. The molecule has 0 bridgehead atoms. The largest absolute Gasteiger partial charge is 0.459 e. The van der Waals surface area contributed by atoms with Crippen LogP contribution in [-0.2, 0) is 14.3 Å². The SMILES string of the molecule is C=C(C)C(=O)OC(C)CC1CN(N)CCO1.Cl. The molecule has 2 atom stereocenters. The molecule has 17 heavy (non-hydrogen) atoms. The lowest BCUT2D eigenvalue weighted by molar-refractivity contribution is -0.146. The van der Waals surface area contributed by atoms with Crippen molar-refractivity contribution in [2.24, 2.45) is 5.84 Å². The summed E-state index contributed by atoms with van der Waals surface area (Å²) in [5, 5.41) is 1.72. The van der Waals surface area contributed by atoms with Gasteiger partial charge in [-0.25, -0.2) is 9.80 Å². The summed E-state index contributed by atoms with van der Waals surface area (Å²) in [6.07, 6.45) is 0.513. The summed E-state index contributed by atoms with van der Waals surface area (Å²) in [5.41, 5.74) is 0.414. The number of carbonyl (C=O) groups excluding carboxylic acids is 1. The molecule has 1 fully saturated rings. The maximum Gasteiger partial charge on any atom is 0.333 e. The van der Waals surface area contributed by atoms with Crippen LogP contribution in [0.4, 0.5) is 0 Å². The lowest BCUT2D eigenvalue weighted by Gasteiger charge is -2.30. The molecule has 0 radical (unpaired) electrons. The van der Waals surface area contributed by atoms with Crippen molar-refractivity contribution in [1.82, 2.24) is 5.01 Å². The van der Waals surface area contributed by atoms with Crippen molar-refractivity contribution >= 4 is 18.4 Å². The summed E-state index contributed by atoms with van der Waals surface area (Å²) in [4.78, 5) is 11.3. The van der Waals surface area contributed by atoms with Crippen molar-refractivity contribution in [2.75, 3.05) is 19.7 Å². The predicted molar refractivity (Wildman–Crippen MR) is 67.7 cm³/mol. The highest BCUT2D eigenvalue weighted by atomic mass is 35.5. The Labute approximate surface area is 108 Å². The highest BCUT2D eigenvalue weighted by Crippen LogP contribution is 2.11. The van der Waals surface area contributed by atoms with E-state index in [1.807, 2.05) is 6.92 Å². The number of ether oxygens (including phenoxy) is 2. The number of hydrazine groups is 1. The zero-order valence-corrected chi connectivity index (χ0v) is 11.2. The van der Waals surface area contributed by atoms with Gasteiger partial charge in [0.15, 0.2) is 0 Å². The minimum atomic E-state index is -0.354. The molecule has 5 nitrogen and oxygen atoms in total.